The van der Waals surface area contributed by atoms with Crippen LogP contribution in [0, 0.1) is 0 Å². The lowest BCUT2D eigenvalue weighted by molar-refractivity contribution is -0.870. The van der Waals surface area contributed by atoms with Gasteiger partial charge in [-0.3, -0.25) is 9.36 Å². The molecule has 2 atom stereocenters. The van der Waals surface area contributed by atoms with Crippen LogP contribution in [0.2, 0.25) is 0 Å². The number of phosphoric ester groups is 1. The van der Waals surface area contributed by atoms with Gasteiger partial charge in [0.25, 0.3) is 7.82 Å². The van der Waals surface area contributed by atoms with Crippen LogP contribution in [-0.2, 0) is 27.9 Å². The fourth-order valence-corrected chi connectivity index (χ4v) is 10.1. The number of unbranched alkanes of at least 4 members (excludes halogenated alkanes) is 42. The molecule has 9 heteroatoms. The highest BCUT2D eigenvalue weighted by molar-refractivity contribution is 7.45. The zero-order valence-corrected chi connectivity index (χ0v) is 49.8. The summed E-state index contributed by atoms with van der Waals surface area (Å²) in [7, 11) is 1.38. The molecule has 0 fully saturated rings. The molecule has 0 spiro atoms. The average Bonchev–Trinajstić information content (AvgIpc) is 3.34. The molecular formula is C63H124NO7P. The first kappa shape index (κ1) is 71.0. The van der Waals surface area contributed by atoms with Gasteiger partial charge in [0, 0.05) is 13.0 Å². The summed E-state index contributed by atoms with van der Waals surface area (Å²) in [6, 6.07) is 0. The Morgan fingerprint density at radius 2 is 0.764 bits per heavy atom. The molecule has 0 bridgehead atoms. The molecule has 72 heavy (non-hydrogen) atoms. The first-order valence-electron chi connectivity index (χ1n) is 31.6. The number of hydrogen-bond donors (Lipinski definition) is 0. The molecule has 0 N–H and O–H groups in total. The number of nitrogens with zero attached hydrogens (tertiary/aromatic N) is 1. The van der Waals surface area contributed by atoms with E-state index in [0.717, 1.165) is 38.5 Å². The second kappa shape index (κ2) is 56.2. The molecule has 0 saturated carbocycles. The van der Waals surface area contributed by atoms with E-state index in [0.29, 0.717) is 24.1 Å². The molecule has 0 amide bonds. The van der Waals surface area contributed by atoms with Crippen LogP contribution in [0.4, 0.5) is 0 Å². The van der Waals surface area contributed by atoms with Gasteiger partial charge in [0.1, 0.15) is 19.3 Å². The highest BCUT2D eigenvalue weighted by Crippen LogP contribution is 2.38. The Hall–Kier alpha value is -1.02. The number of likely N-dealkylation sites (N-methyl/N-ethyl adjacent to an activating group) is 1. The number of carbonyl (C=O) groups excluding carboxylic acids is 1. The minimum atomic E-state index is -4.53. The van der Waals surface area contributed by atoms with Crippen molar-refractivity contribution < 1.29 is 37.3 Å². The Balaban J connectivity index is 3.98. The summed E-state index contributed by atoms with van der Waals surface area (Å²) in [5.74, 6) is -0.327. The molecule has 0 aromatic rings. The molecule has 0 aliphatic heterocycles. The predicted molar refractivity (Wildman–Crippen MR) is 310 cm³/mol. The van der Waals surface area contributed by atoms with E-state index in [2.05, 4.69) is 38.2 Å². The average molecular weight is 1040 g/mol. The summed E-state index contributed by atoms with van der Waals surface area (Å²) in [6.45, 7) is 5.48. The highest BCUT2D eigenvalue weighted by Gasteiger charge is 2.20. The second-order valence-electron chi connectivity index (χ2n) is 22.8. The number of carbonyl (C=O) groups is 1. The van der Waals surface area contributed by atoms with Gasteiger partial charge < -0.3 is 27.9 Å². The Morgan fingerprint density at radius 3 is 1.12 bits per heavy atom. The van der Waals surface area contributed by atoms with Crippen LogP contribution in [0.1, 0.15) is 316 Å². The molecule has 0 radical (unpaired) electrons. The quantitative estimate of drug-likeness (QED) is 0.0197. The third kappa shape index (κ3) is 59.9. The minimum Gasteiger partial charge on any atom is -0.756 e. The predicted octanol–water partition coefficient (Wildman–Crippen LogP) is 19.6. The minimum absolute atomic E-state index is 0.0292. The molecule has 428 valence electrons. The topological polar surface area (TPSA) is 94.1 Å². The molecule has 0 aromatic heterocycles. The highest BCUT2D eigenvalue weighted by atomic mass is 31.2. The zero-order chi connectivity index (χ0) is 52.6. The Bertz CT molecular complexity index is 1200. The number of ether oxygens (including phenoxy) is 2. The maximum absolute atomic E-state index is 12.8. The van der Waals surface area contributed by atoms with Gasteiger partial charge >= 0.3 is 5.97 Å². The van der Waals surface area contributed by atoms with Gasteiger partial charge in [0.15, 0.2) is 0 Å². The molecular weight excluding hydrogens is 914 g/mol. The lowest BCUT2D eigenvalue weighted by Gasteiger charge is -2.28. The van der Waals surface area contributed by atoms with E-state index in [4.69, 9.17) is 18.5 Å². The van der Waals surface area contributed by atoms with Crippen LogP contribution < -0.4 is 4.89 Å². The Labute approximate surface area is 449 Å². The molecule has 0 aromatic carbocycles. The summed E-state index contributed by atoms with van der Waals surface area (Å²) < 4.78 is 34.9. The third-order valence-electron chi connectivity index (χ3n) is 14.3. The van der Waals surface area contributed by atoms with E-state index in [-0.39, 0.29) is 25.8 Å². The van der Waals surface area contributed by atoms with E-state index < -0.39 is 13.9 Å². The normalized spacial score (nSPS) is 13.5. The second-order valence-corrected chi connectivity index (χ2v) is 24.2. The summed E-state index contributed by atoms with van der Waals surface area (Å²) in [5.41, 5.74) is 0. The smallest absolute Gasteiger partial charge is 0.306 e. The Kier molecular flexibility index (Phi) is 55.4. The van der Waals surface area contributed by atoms with Gasteiger partial charge in [-0.25, -0.2) is 0 Å². The van der Waals surface area contributed by atoms with Gasteiger partial charge in [0.05, 0.1) is 34.4 Å². The molecule has 0 aliphatic rings. The van der Waals surface area contributed by atoms with Crippen molar-refractivity contribution in [3.63, 3.8) is 0 Å². The lowest BCUT2D eigenvalue weighted by Crippen LogP contribution is -2.37. The number of quaternary nitrogens is 1. The lowest BCUT2D eigenvalue weighted by atomic mass is 10.0. The maximum Gasteiger partial charge on any atom is 0.306 e. The zero-order valence-electron chi connectivity index (χ0n) is 48.9. The largest absolute Gasteiger partial charge is 0.756 e. The van der Waals surface area contributed by atoms with Crippen molar-refractivity contribution in [3.05, 3.63) is 24.3 Å². The van der Waals surface area contributed by atoms with Crippen molar-refractivity contribution in [2.24, 2.45) is 0 Å². The van der Waals surface area contributed by atoms with Gasteiger partial charge in [-0.15, -0.1) is 0 Å². The summed E-state index contributed by atoms with van der Waals surface area (Å²) >= 11 is 0. The number of esters is 1. The van der Waals surface area contributed by atoms with Crippen LogP contribution in [0.3, 0.4) is 0 Å². The fourth-order valence-electron chi connectivity index (χ4n) is 9.41. The van der Waals surface area contributed by atoms with E-state index in [1.807, 2.05) is 21.1 Å². The first-order chi connectivity index (χ1) is 35.1. The molecule has 0 rings (SSSR count). The summed E-state index contributed by atoms with van der Waals surface area (Å²) in [4.78, 5) is 25.3. The van der Waals surface area contributed by atoms with Crippen LogP contribution in [0.5, 0.6) is 0 Å². The number of rotatable bonds is 60. The van der Waals surface area contributed by atoms with E-state index in [9.17, 15) is 14.3 Å². The Morgan fingerprint density at radius 1 is 0.431 bits per heavy atom. The number of hydrogen-bond acceptors (Lipinski definition) is 7. The maximum atomic E-state index is 12.8. The fraction of sp³-hybridized carbons (Fsp3) is 0.921. The van der Waals surface area contributed by atoms with Crippen LogP contribution in [0.15, 0.2) is 24.3 Å². The van der Waals surface area contributed by atoms with Crippen molar-refractivity contribution in [1.82, 2.24) is 0 Å². The van der Waals surface area contributed by atoms with Crippen molar-refractivity contribution >= 4 is 13.8 Å². The van der Waals surface area contributed by atoms with Gasteiger partial charge in [-0.05, 0) is 44.9 Å². The molecule has 0 heterocycles. The van der Waals surface area contributed by atoms with Crippen molar-refractivity contribution in [2.45, 2.75) is 322 Å². The first-order valence-corrected chi connectivity index (χ1v) is 33.0. The molecule has 0 saturated heterocycles. The monoisotopic (exact) mass is 1040 g/mol. The molecule has 0 aliphatic carbocycles. The SMILES string of the molecule is CCCCCCC/C=C\C/C=C\CCCCCCCCCCCCCCCC(=O)OC(COCCCCCCCCCCCCCCCCCCCCCCCCCCC)COP(=O)([O-])OCC[N+](C)(C)C. The van der Waals surface area contributed by atoms with Gasteiger partial charge in [-0.2, -0.15) is 0 Å². The summed E-state index contributed by atoms with van der Waals surface area (Å²) in [6.07, 6.45) is 69.5. The van der Waals surface area contributed by atoms with Crippen molar-refractivity contribution in [1.29, 1.82) is 0 Å². The third-order valence-corrected chi connectivity index (χ3v) is 15.2. The van der Waals surface area contributed by atoms with Crippen LogP contribution in [-0.4, -0.2) is 70.7 Å². The van der Waals surface area contributed by atoms with Gasteiger partial charge in [-0.1, -0.05) is 289 Å². The van der Waals surface area contributed by atoms with Crippen LogP contribution >= 0.6 is 7.82 Å². The van der Waals surface area contributed by atoms with E-state index in [1.165, 1.54) is 257 Å². The summed E-state index contributed by atoms with van der Waals surface area (Å²) in [5, 5.41) is 0. The van der Waals surface area contributed by atoms with E-state index in [1.54, 1.807) is 0 Å². The van der Waals surface area contributed by atoms with Gasteiger partial charge in [0.2, 0.25) is 0 Å². The van der Waals surface area contributed by atoms with Crippen LogP contribution in [0.25, 0.3) is 0 Å². The standard InChI is InChI=1S/C63H124NO7P/c1-6-8-10-12-14-16-18-20-22-24-26-28-30-32-34-36-38-40-42-44-46-48-50-52-54-56-63(65)71-62(61-70-72(66,67)69-59-57-64(3,4)5)60-68-58-55-53-51-49-47-45-43-41-39-37-35-33-31-29-27-25-23-21-19-17-15-13-11-9-7-2/h18,20,24,26,62H,6-17,19,21-23,25,27-61H2,1-5H3/b20-18-,26-24-. The van der Waals surface area contributed by atoms with Crippen molar-refractivity contribution in [2.75, 3.05) is 54.1 Å². The van der Waals surface area contributed by atoms with E-state index >= 15 is 0 Å². The van der Waals surface area contributed by atoms with Crippen molar-refractivity contribution in [3.8, 4) is 0 Å². The number of allylic oxidation sites excluding steroid dienone is 4. The molecule has 8 nitrogen and oxygen atoms in total. The molecule has 2 unspecified atom stereocenters. The number of phosphoric acid groups is 1.